The fraction of sp³-hybridized carbons (Fsp3) is 0.250. The molecule has 0 saturated heterocycles. The van der Waals surface area contributed by atoms with Gasteiger partial charge in [0.15, 0.2) is 16.6 Å². The smallest absolute Gasteiger partial charge is 0.173 e. The van der Waals surface area contributed by atoms with E-state index >= 15 is 0 Å². The van der Waals surface area contributed by atoms with E-state index in [-0.39, 0.29) is 15.8 Å². The third kappa shape index (κ3) is 8.57. The molecule has 0 bridgehead atoms. The summed E-state index contributed by atoms with van der Waals surface area (Å²) in [4.78, 5) is 0. The Morgan fingerprint density at radius 3 is 0.919 bits per heavy atom. The van der Waals surface area contributed by atoms with E-state index in [4.69, 9.17) is 4.12 Å². The molecule has 192 valence electrons. The van der Waals surface area contributed by atoms with E-state index in [1.54, 1.807) is 0 Å². The Morgan fingerprint density at radius 1 is 0.432 bits per heavy atom. The summed E-state index contributed by atoms with van der Waals surface area (Å²) in [6.45, 7) is 9.79. The van der Waals surface area contributed by atoms with Gasteiger partial charge in [-0.2, -0.15) is 0 Å². The van der Waals surface area contributed by atoms with Crippen molar-refractivity contribution in [1.82, 2.24) is 0 Å². The summed E-state index contributed by atoms with van der Waals surface area (Å²) in [7, 11) is -4.35. The van der Waals surface area contributed by atoms with Gasteiger partial charge in [-0.05, 0) is 87.7 Å². The van der Waals surface area contributed by atoms with Crippen LogP contribution in [0.4, 0.5) is 0 Å². The predicted octanol–water partition coefficient (Wildman–Crippen LogP) is 7.68. The largest absolute Gasteiger partial charge is 0.455 e. The van der Waals surface area contributed by atoms with Crippen molar-refractivity contribution < 1.29 is 4.12 Å². The molecule has 0 unspecified atom stereocenters. The molecule has 0 spiro atoms. The van der Waals surface area contributed by atoms with E-state index in [1.807, 2.05) is 0 Å². The molecule has 0 saturated carbocycles. The minimum atomic E-state index is -1.81. The highest BCUT2D eigenvalue weighted by atomic mass is 31.1. The molecule has 0 radical (unpaired) electrons. The third-order valence-electron chi connectivity index (χ3n) is 6.70. The van der Waals surface area contributed by atoms with Crippen molar-refractivity contribution in [3.05, 3.63) is 121 Å². The Bertz CT molecular complexity index is 1030. The average molecular weight is 559 g/mol. The lowest BCUT2D eigenvalue weighted by Gasteiger charge is -2.36. The van der Waals surface area contributed by atoms with Crippen LogP contribution in [0.1, 0.15) is 0 Å². The van der Waals surface area contributed by atoms with Crippen molar-refractivity contribution in [3.63, 3.8) is 0 Å². The van der Waals surface area contributed by atoms with Gasteiger partial charge in [-0.1, -0.05) is 121 Å². The monoisotopic (exact) mass is 558 g/mol. The molecule has 1 nitrogen and oxygen atoms in total. The third-order valence-corrected chi connectivity index (χ3v) is 19.9. The van der Waals surface area contributed by atoms with Gasteiger partial charge >= 0.3 is 0 Å². The van der Waals surface area contributed by atoms with Crippen LogP contribution in [0.5, 0.6) is 0 Å². The number of hydrogen-bond donors (Lipinski definition) is 0. The van der Waals surface area contributed by atoms with E-state index in [0.717, 1.165) is 0 Å². The van der Waals surface area contributed by atoms with Gasteiger partial charge in [0.2, 0.25) is 0 Å². The van der Waals surface area contributed by atoms with Gasteiger partial charge in [0, 0.05) is 0 Å². The minimum absolute atomic E-state index is 0.362. The fourth-order valence-electron chi connectivity index (χ4n) is 4.86. The quantitative estimate of drug-likeness (QED) is 0.128. The normalized spacial score (nSPS) is 12.3. The van der Waals surface area contributed by atoms with E-state index < -0.39 is 16.6 Å². The van der Waals surface area contributed by atoms with Crippen molar-refractivity contribution in [2.45, 2.75) is 38.3 Å². The number of benzene rings is 4. The summed E-state index contributed by atoms with van der Waals surface area (Å²) in [5, 5.41) is 5.89. The van der Waals surface area contributed by atoms with E-state index in [2.05, 4.69) is 148 Å². The molecule has 5 heteroatoms. The second kappa shape index (κ2) is 13.3. The molecule has 0 fully saturated rings. The summed E-state index contributed by atoms with van der Waals surface area (Å²) >= 11 is 0. The first-order valence-corrected chi connectivity index (χ1v) is 22.6. The van der Waals surface area contributed by atoms with Crippen LogP contribution in [0.3, 0.4) is 0 Å². The van der Waals surface area contributed by atoms with Crippen LogP contribution < -0.4 is 21.2 Å². The Balaban J connectivity index is 1.43. The summed E-state index contributed by atoms with van der Waals surface area (Å²) in [5.41, 5.74) is 0. The maximum atomic E-state index is 7.17. The molecule has 4 aromatic rings. The van der Waals surface area contributed by atoms with Crippen LogP contribution >= 0.6 is 15.8 Å². The fourth-order valence-corrected chi connectivity index (χ4v) is 21.5. The zero-order valence-corrected chi connectivity index (χ0v) is 26.5. The van der Waals surface area contributed by atoms with Crippen molar-refractivity contribution >= 4 is 53.7 Å². The molecule has 37 heavy (non-hydrogen) atoms. The van der Waals surface area contributed by atoms with Crippen molar-refractivity contribution in [1.29, 1.82) is 0 Å². The molecule has 4 aromatic carbocycles. The highest BCUT2D eigenvalue weighted by Gasteiger charge is 2.34. The summed E-state index contributed by atoms with van der Waals surface area (Å²) in [6, 6.07) is 46.8. The Kier molecular flexibility index (Phi) is 10.1. The molecule has 0 aliphatic rings. The standard InChI is InChI=1S/C32H40OP2Si2/c1-36(2,27-25-34(29-17-9-5-10-18-29)30-19-11-6-12-20-30)33-37(3,4)28-26-35(31-21-13-7-14-22-31)32-23-15-8-16-24-32/h5-24H,25-28H2,1-4H3. The Morgan fingerprint density at radius 2 is 0.676 bits per heavy atom. The molecule has 0 aliphatic carbocycles. The van der Waals surface area contributed by atoms with Crippen LogP contribution in [-0.2, 0) is 4.12 Å². The van der Waals surface area contributed by atoms with Crippen molar-refractivity contribution in [2.24, 2.45) is 0 Å². The number of rotatable bonds is 12. The van der Waals surface area contributed by atoms with Crippen LogP contribution in [-0.4, -0.2) is 29.0 Å². The highest BCUT2D eigenvalue weighted by molar-refractivity contribution is 7.73. The van der Waals surface area contributed by atoms with Crippen LogP contribution in [0.15, 0.2) is 121 Å². The van der Waals surface area contributed by atoms with Gasteiger partial charge in [0.1, 0.15) is 0 Å². The average Bonchev–Trinajstić information content (AvgIpc) is 2.91. The second-order valence-electron chi connectivity index (χ2n) is 10.8. The lowest BCUT2D eigenvalue weighted by molar-refractivity contribution is 0.543. The van der Waals surface area contributed by atoms with Gasteiger partial charge in [-0.15, -0.1) is 0 Å². The molecule has 0 amide bonds. The number of hydrogen-bond acceptors (Lipinski definition) is 1. The summed E-state index contributed by atoms with van der Waals surface area (Å²) in [5.74, 6) is 0. The Hall–Kier alpha value is -1.87. The Labute approximate surface area is 229 Å². The lowest BCUT2D eigenvalue weighted by Crippen LogP contribution is -2.45. The maximum Gasteiger partial charge on any atom is 0.173 e. The first-order chi connectivity index (χ1) is 17.8. The summed E-state index contributed by atoms with van der Waals surface area (Å²) in [6.07, 6.45) is 2.40. The SMILES string of the molecule is C[Si](C)(CCP(c1ccccc1)c1ccccc1)O[Si](C)(C)CCP(c1ccccc1)c1ccccc1. The zero-order chi connectivity index (χ0) is 26.1. The zero-order valence-electron chi connectivity index (χ0n) is 22.7. The topological polar surface area (TPSA) is 9.23 Å². The highest BCUT2D eigenvalue weighted by Crippen LogP contribution is 2.39. The molecular weight excluding hydrogens is 518 g/mol. The molecule has 0 heterocycles. The molecule has 0 aliphatic heterocycles. The van der Waals surface area contributed by atoms with Gasteiger partial charge in [0.25, 0.3) is 0 Å². The first-order valence-electron chi connectivity index (χ1n) is 13.3. The molecule has 0 aromatic heterocycles. The molecule has 0 N–H and O–H groups in total. The van der Waals surface area contributed by atoms with Crippen molar-refractivity contribution in [2.75, 3.05) is 12.3 Å². The van der Waals surface area contributed by atoms with E-state index in [9.17, 15) is 0 Å². The minimum Gasteiger partial charge on any atom is -0.455 e. The van der Waals surface area contributed by atoms with Gasteiger partial charge in [0.05, 0.1) is 0 Å². The van der Waals surface area contributed by atoms with Crippen LogP contribution in [0, 0.1) is 0 Å². The van der Waals surface area contributed by atoms with Gasteiger partial charge in [-0.25, -0.2) is 0 Å². The predicted molar refractivity (Wildman–Crippen MR) is 174 cm³/mol. The van der Waals surface area contributed by atoms with Gasteiger partial charge in [-0.3, -0.25) is 0 Å². The van der Waals surface area contributed by atoms with Crippen molar-refractivity contribution in [3.8, 4) is 0 Å². The summed E-state index contributed by atoms with van der Waals surface area (Å²) < 4.78 is 7.17. The van der Waals surface area contributed by atoms with Crippen LogP contribution in [0.25, 0.3) is 0 Å². The van der Waals surface area contributed by atoms with E-state index in [1.165, 1.54) is 45.6 Å². The molecule has 0 atom stereocenters. The lowest BCUT2D eigenvalue weighted by atomic mass is 10.4. The van der Waals surface area contributed by atoms with Crippen LogP contribution in [0.2, 0.25) is 38.3 Å². The molecule has 4 rings (SSSR count). The van der Waals surface area contributed by atoms with E-state index in [0.29, 0.717) is 0 Å². The molecular formula is C32H40OP2Si2. The maximum absolute atomic E-state index is 7.17. The van der Waals surface area contributed by atoms with Gasteiger partial charge < -0.3 is 4.12 Å². The second-order valence-corrected chi connectivity index (χ2v) is 24.3. The first kappa shape index (κ1) is 28.1.